The quantitative estimate of drug-likeness (QED) is 0.720. The van der Waals surface area contributed by atoms with Gasteiger partial charge in [-0.25, -0.2) is 0 Å². The van der Waals surface area contributed by atoms with Gasteiger partial charge in [0.1, 0.15) is 0 Å². The summed E-state index contributed by atoms with van der Waals surface area (Å²) < 4.78 is 0. The second-order valence-corrected chi connectivity index (χ2v) is 5.10. The number of aryl methyl sites for hydroxylation is 1. The molecule has 0 amide bonds. The van der Waals surface area contributed by atoms with E-state index in [0.29, 0.717) is 6.42 Å². The van der Waals surface area contributed by atoms with Crippen LogP contribution in [-0.4, -0.2) is 11.1 Å². The SMILES string of the molecule is Cc1cc(C2(O)CCC(N)C2)cs1. The molecule has 2 atom stereocenters. The second kappa shape index (κ2) is 3.08. The molecule has 1 fully saturated rings. The molecule has 0 radical (unpaired) electrons. The Hall–Kier alpha value is -0.380. The highest BCUT2D eigenvalue weighted by molar-refractivity contribution is 7.10. The number of aliphatic hydroxyl groups is 1. The average molecular weight is 197 g/mol. The summed E-state index contributed by atoms with van der Waals surface area (Å²) in [6.45, 7) is 2.06. The van der Waals surface area contributed by atoms with Gasteiger partial charge in [0.25, 0.3) is 0 Å². The van der Waals surface area contributed by atoms with Crippen LogP contribution in [0.1, 0.15) is 29.7 Å². The van der Waals surface area contributed by atoms with Crippen LogP contribution in [0.2, 0.25) is 0 Å². The summed E-state index contributed by atoms with van der Waals surface area (Å²) in [4.78, 5) is 1.25. The lowest BCUT2D eigenvalue weighted by Crippen LogP contribution is -2.24. The van der Waals surface area contributed by atoms with Gasteiger partial charge in [-0.15, -0.1) is 11.3 Å². The summed E-state index contributed by atoms with van der Waals surface area (Å²) in [6.07, 6.45) is 2.46. The van der Waals surface area contributed by atoms with Crippen LogP contribution in [0.25, 0.3) is 0 Å². The Balaban J connectivity index is 2.25. The molecule has 3 heteroatoms. The zero-order valence-electron chi connectivity index (χ0n) is 7.79. The Kier molecular flexibility index (Phi) is 2.18. The van der Waals surface area contributed by atoms with Gasteiger partial charge >= 0.3 is 0 Å². The van der Waals surface area contributed by atoms with Crippen molar-refractivity contribution in [3.8, 4) is 0 Å². The van der Waals surface area contributed by atoms with Crippen LogP contribution >= 0.6 is 11.3 Å². The molecule has 2 unspecified atom stereocenters. The minimum Gasteiger partial charge on any atom is -0.385 e. The topological polar surface area (TPSA) is 46.2 Å². The monoisotopic (exact) mass is 197 g/mol. The van der Waals surface area contributed by atoms with Crippen LogP contribution in [0.4, 0.5) is 0 Å². The van der Waals surface area contributed by atoms with Gasteiger partial charge in [-0.1, -0.05) is 0 Å². The van der Waals surface area contributed by atoms with E-state index in [0.717, 1.165) is 18.4 Å². The summed E-state index contributed by atoms with van der Waals surface area (Å²) in [6, 6.07) is 2.24. The van der Waals surface area contributed by atoms with Crippen molar-refractivity contribution in [3.05, 3.63) is 21.9 Å². The van der Waals surface area contributed by atoms with Gasteiger partial charge in [-0.2, -0.15) is 0 Å². The predicted molar refractivity (Wildman–Crippen MR) is 54.8 cm³/mol. The first-order valence-electron chi connectivity index (χ1n) is 4.64. The van der Waals surface area contributed by atoms with Gasteiger partial charge in [0.05, 0.1) is 5.60 Å². The van der Waals surface area contributed by atoms with E-state index in [9.17, 15) is 5.11 Å². The van der Waals surface area contributed by atoms with Gasteiger partial charge < -0.3 is 10.8 Å². The van der Waals surface area contributed by atoms with E-state index in [1.54, 1.807) is 11.3 Å². The number of hydrogen-bond acceptors (Lipinski definition) is 3. The van der Waals surface area contributed by atoms with Gasteiger partial charge in [0.15, 0.2) is 0 Å². The van der Waals surface area contributed by atoms with Gasteiger partial charge in [-0.3, -0.25) is 0 Å². The summed E-state index contributed by atoms with van der Waals surface area (Å²) in [5.41, 5.74) is 6.22. The molecule has 1 heterocycles. The third-order valence-electron chi connectivity index (χ3n) is 2.80. The molecule has 13 heavy (non-hydrogen) atoms. The van der Waals surface area contributed by atoms with Crippen molar-refractivity contribution in [1.29, 1.82) is 0 Å². The fourth-order valence-corrected chi connectivity index (χ4v) is 2.81. The number of hydrogen-bond donors (Lipinski definition) is 2. The smallest absolute Gasteiger partial charge is 0.0920 e. The van der Waals surface area contributed by atoms with Gasteiger partial charge in [0.2, 0.25) is 0 Å². The summed E-state index contributed by atoms with van der Waals surface area (Å²) in [7, 11) is 0. The van der Waals surface area contributed by atoms with E-state index < -0.39 is 5.60 Å². The fourth-order valence-electron chi connectivity index (χ4n) is 2.01. The van der Waals surface area contributed by atoms with E-state index in [4.69, 9.17) is 5.73 Å². The van der Waals surface area contributed by atoms with Crippen LogP contribution in [-0.2, 0) is 5.60 Å². The maximum Gasteiger partial charge on any atom is 0.0920 e. The van der Waals surface area contributed by atoms with E-state index in [-0.39, 0.29) is 6.04 Å². The molecule has 2 rings (SSSR count). The highest BCUT2D eigenvalue weighted by Crippen LogP contribution is 2.39. The standard InChI is InChI=1S/C10H15NOS/c1-7-4-8(6-13-7)10(12)3-2-9(11)5-10/h4,6,9,12H,2-3,5,11H2,1H3. The fraction of sp³-hybridized carbons (Fsp3) is 0.600. The van der Waals surface area contributed by atoms with Crippen LogP contribution in [0.3, 0.4) is 0 Å². The summed E-state index contributed by atoms with van der Waals surface area (Å²) >= 11 is 1.69. The van der Waals surface area contributed by atoms with Crippen molar-refractivity contribution < 1.29 is 5.11 Å². The lowest BCUT2D eigenvalue weighted by atomic mass is 9.94. The van der Waals surface area contributed by atoms with Crippen molar-refractivity contribution in [2.24, 2.45) is 5.73 Å². The molecule has 0 spiro atoms. The van der Waals surface area contributed by atoms with Crippen LogP contribution < -0.4 is 5.73 Å². The molecule has 0 aromatic carbocycles. The van der Waals surface area contributed by atoms with E-state index in [1.165, 1.54) is 4.88 Å². The zero-order valence-corrected chi connectivity index (χ0v) is 8.60. The molecule has 3 N–H and O–H groups in total. The van der Waals surface area contributed by atoms with Crippen molar-refractivity contribution >= 4 is 11.3 Å². The number of thiophene rings is 1. The summed E-state index contributed by atoms with van der Waals surface area (Å²) in [5.74, 6) is 0. The largest absolute Gasteiger partial charge is 0.385 e. The van der Waals surface area contributed by atoms with Crippen molar-refractivity contribution in [1.82, 2.24) is 0 Å². The predicted octanol–water partition coefficient (Wildman–Crippen LogP) is 1.76. The van der Waals surface area contributed by atoms with Crippen LogP contribution in [0, 0.1) is 6.92 Å². The Labute approximate surface area is 82.4 Å². The summed E-state index contributed by atoms with van der Waals surface area (Å²) in [5, 5.41) is 12.3. The lowest BCUT2D eigenvalue weighted by molar-refractivity contribution is 0.0435. The molecule has 0 saturated heterocycles. The molecule has 1 aromatic rings. The third kappa shape index (κ3) is 1.64. The second-order valence-electron chi connectivity index (χ2n) is 3.98. The molecule has 1 saturated carbocycles. The molecule has 0 bridgehead atoms. The molecule has 2 nitrogen and oxygen atoms in total. The van der Waals surface area contributed by atoms with Crippen molar-refractivity contribution in [2.75, 3.05) is 0 Å². The minimum atomic E-state index is -0.635. The zero-order chi connectivity index (χ0) is 9.47. The van der Waals surface area contributed by atoms with Gasteiger partial charge in [0, 0.05) is 10.9 Å². The molecule has 1 aromatic heterocycles. The van der Waals surface area contributed by atoms with Crippen LogP contribution in [0.5, 0.6) is 0 Å². The molecule has 72 valence electrons. The molecular formula is C10H15NOS. The van der Waals surface area contributed by atoms with Crippen LogP contribution in [0.15, 0.2) is 11.4 Å². The number of rotatable bonds is 1. The van der Waals surface area contributed by atoms with E-state index >= 15 is 0 Å². The Morgan fingerprint density at radius 2 is 2.46 bits per heavy atom. The normalized spacial score (nSPS) is 33.9. The maximum absolute atomic E-state index is 10.3. The molecule has 0 aliphatic heterocycles. The Morgan fingerprint density at radius 1 is 1.69 bits per heavy atom. The van der Waals surface area contributed by atoms with Crippen molar-refractivity contribution in [3.63, 3.8) is 0 Å². The maximum atomic E-state index is 10.3. The Morgan fingerprint density at radius 3 is 2.92 bits per heavy atom. The third-order valence-corrected chi connectivity index (χ3v) is 3.66. The Bertz CT molecular complexity index is 310. The first-order valence-corrected chi connectivity index (χ1v) is 5.52. The van der Waals surface area contributed by atoms with Gasteiger partial charge in [-0.05, 0) is 43.2 Å². The van der Waals surface area contributed by atoms with Crippen molar-refractivity contribution in [2.45, 2.75) is 37.8 Å². The lowest BCUT2D eigenvalue weighted by Gasteiger charge is -2.20. The highest BCUT2D eigenvalue weighted by atomic mass is 32.1. The molecule has 1 aliphatic rings. The molecular weight excluding hydrogens is 182 g/mol. The number of nitrogens with two attached hydrogens (primary N) is 1. The first-order chi connectivity index (χ1) is 6.10. The van der Waals surface area contributed by atoms with E-state index in [2.05, 4.69) is 13.0 Å². The van der Waals surface area contributed by atoms with E-state index in [1.807, 2.05) is 5.38 Å². The molecule has 1 aliphatic carbocycles. The first kappa shape index (κ1) is 9.19. The minimum absolute atomic E-state index is 0.171. The highest BCUT2D eigenvalue weighted by Gasteiger charge is 2.37. The average Bonchev–Trinajstić information content (AvgIpc) is 2.60.